The van der Waals surface area contributed by atoms with Gasteiger partial charge in [-0.05, 0) is 25.1 Å². The van der Waals surface area contributed by atoms with Crippen LogP contribution in [0.4, 0.5) is 5.69 Å². The van der Waals surface area contributed by atoms with Crippen LogP contribution >= 0.6 is 0 Å². The summed E-state index contributed by atoms with van der Waals surface area (Å²) in [5, 5.41) is 0. The van der Waals surface area contributed by atoms with Crippen molar-refractivity contribution in [3.63, 3.8) is 0 Å². The molecule has 0 aliphatic rings. The molecule has 68 valence electrons. The molecule has 3 heteroatoms. The van der Waals surface area contributed by atoms with Gasteiger partial charge in [0.05, 0.1) is 5.69 Å². The normalized spacial score (nSPS) is 9.00. The lowest BCUT2D eigenvalue weighted by molar-refractivity contribution is -0.116. The lowest BCUT2D eigenvalue weighted by atomic mass is 10.2. The molecule has 0 heterocycles. The van der Waals surface area contributed by atoms with E-state index in [2.05, 4.69) is 17.4 Å². The van der Waals surface area contributed by atoms with Gasteiger partial charge in [-0.3, -0.25) is 15.6 Å². The van der Waals surface area contributed by atoms with E-state index in [1.165, 1.54) is 11.6 Å². The summed E-state index contributed by atoms with van der Waals surface area (Å²) in [4.78, 5) is 10.8. The average molecular weight is 176 g/mol. The van der Waals surface area contributed by atoms with Crippen molar-refractivity contribution in [3.8, 4) is 0 Å². The number of anilines is 1. The Labute approximate surface area is 77.4 Å². The van der Waals surface area contributed by atoms with E-state index in [4.69, 9.17) is 0 Å². The van der Waals surface area contributed by atoms with Crippen LogP contribution in [-0.2, 0) is 4.79 Å². The van der Waals surface area contributed by atoms with Crippen LogP contribution < -0.4 is 10.9 Å². The van der Waals surface area contributed by atoms with E-state index < -0.39 is 0 Å². The first-order chi connectivity index (χ1) is 6.22. The zero-order chi connectivity index (χ0) is 9.68. The Morgan fingerprint density at radius 1 is 1.38 bits per heavy atom. The average Bonchev–Trinajstić information content (AvgIpc) is 2.16. The maximum atomic E-state index is 10.8. The molecule has 13 heavy (non-hydrogen) atoms. The van der Waals surface area contributed by atoms with E-state index in [-0.39, 0.29) is 5.91 Å². The number of benzene rings is 1. The van der Waals surface area contributed by atoms with Gasteiger partial charge in [0.25, 0.3) is 5.91 Å². The van der Waals surface area contributed by atoms with Gasteiger partial charge in [-0.2, -0.15) is 0 Å². The summed E-state index contributed by atoms with van der Waals surface area (Å²) in [6, 6.07) is 7.70. The summed E-state index contributed by atoms with van der Waals surface area (Å²) < 4.78 is 0. The molecule has 2 N–H and O–H groups in total. The molecule has 1 amide bonds. The molecule has 3 nitrogen and oxygen atoms in total. The summed E-state index contributed by atoms with van der Waals surface area (Å²) in [5.74, 6) is -0.249. The van der Waals surface area contributed by atoms with E-state index in [9.17, 15) is 4.79 Å². The zero-order valence-corrected chi connectivity index (χ0v) is 7.50. The summed E-state index contributed by atoms with van der Waals surface area (Å²) in [7, 11) is 0. The summed E-state index contributed by atoms with van der Waals surface area (Å²) in [6.45, 7) is 5.34. The van der Waals surface area contributed by atoms with Gasteiger partial charge in [-0.15, -0.1) is 0 Å². The van der Waals surface area contributed by atoms with E-state index >= 15 is 0 Å². The maximum absolute atomic E-state index is 10.8. The quantitative estimate of drug-likeness (QED) is 0.542. The largest absolute Gasteiger partial charge is 0.298 e. The molecule has 0 aliphatic heterocycles. The van der Waals surface area contributed by atoms with Crippen LogP contribution in [-0.4, -0.2) is 5.91 Å². The molecule has 0 bridgehead atoms. The predicted octanol–water partition coefficient (Wildman–Crippen LogP) is 1.62. The standard InChI is InChI=1S/C10H12N2O/c1-3-10(13)12-11-9-6-4-8(2)5-7-9/h3-7,11H,1H2,2H3,(H,12,13). The van der Waals surface area contributed by atoms with Gasteiger partial charge in [-0.1, -0.05) is 24.3 Å². The van der Waals surface area contributed by atoms with Gasteiger partial charge >= 0.3 is 0 Å². The van der Waals surface area contributed by atoms with E-state index in [1.54, 1.807) is 0 Å². The maximum Gasteiger partial charge on any atom is 0.261 e. The molecule has 0 saturated carbocycles. The number of aryl methyl sites for hydroxylation is 1. The van der Waals surface area contributed by atoms with Crippen molar-refractivity contribution in [1.82, 2.24) is 5.43 Å². The molecule has 0 aromatic heterocycles. The Morgan fingerprint density at radius 3 is 2.54 bits per heavy atom. The predicted molar refractivity (Wildman–Crippen MR) is 53.1 cm³/mol. The molecule has 0 aliphatic carbocycles. The van der Waals surface area contributed by atoms with Crippen molar-refractivity contribution >= 4 is 11.6 Å². The number of amides is 1. The zero-order valence-electron chi connectivity index (χ0n) is 7.50. The summed E-state index contributed by atoms with van der Waals surface area (Å²) in [6.07, 6.45) is 1.21. The second-order valence-corrected chi connectivity index (χ2v) is 2.68. The van der Waals surface area contributed by atoms with Crippen molar-refractivity contribution in [2.75, 3.05) is 5.43 Å². The number of hydrazine groups is 1. The van der Waals surface area contributed by atoms with Crippen LogP contribution in [0.1, 0.15) is 5.56 Å². The third kappa shape index (κ3) is 2.99. The van der Waals surface area contributed by atoms with Crippen LogP contribution in [0.25, 0.3) is 0 Å². The molecule has 1 rings (SSSR count). The molecular formula is C10H12N2O. The fourth-order valence-electron chi connectivity index (χ4n) is 0.822. The lowest BCUT2D eigenvalue weighted by Crippen LogP contribution is -2.27. The minimum atomic E-state index is -0.249. The van der Waals surface area contributed by atoms with Crippen LogP contribution in [0.2, 0.25) is 0 Å². The smallest absolute Gasteiger partial charge is 0.261 e. The lowest BCUT2D eigenvalue weighted by Gasteiger charge is -2.05. The first-order valence-electron chi connectivity index (χ1n) is 3.97. The highest BCUT2D eigenvalue weighted by Crippen LogP contribution is 2.06. The van der Waals surface area contributed by atoms with Crippen molar-refractivity contribution < 1.29 is 4.79 Å². The monoisotopic (exact) mass is 176 g/mol. The summed E-state index contributed by atoms with van der Waals surface area (Å²) in [5.41, 5.74) is 7.24. The topological polar surface area (TPSA) is 41.1 Å². The Hall–Kier alpha value is -1.77. The van der Waals surface area contributed by atoms with Gasteiger partial charge in [0.15, 0.2) is 0 Å². The van der Waals surface area contributed by atoms with E-state index in [1.807, 2.05) is 31.2 Å². The van der Waals surface area contributed by atoms with Gasteiger partial charge in [0, 0.05) is 0 Å². The van der Waals surface area contributed by atoms with Gasteiger partial charge < -0.3 is 0 Å². The van der Waals surface area contributed by atoms with Crippen molar-refractivity contribution in [1.29, 1.82) is 0 Å². The van der Waals surface area contributed by atoms with Crippen LogP contribution in [0.15, 0.2) is 36.9 Å². The second-order valence-electron chi connectivity index (χ2n) is 2.68. The third-order valence-electron chi connectivity index (χ3n) is 1.57. The number of rotatable bonds is 3. The summed E-state index contributed by atoms with van der Waals surface area (Å²) >= 11 is 0. The molecule has 0 radical (unpaired) electrons. The highest BCUT2D eigenvalue weighted by atomic mass is 16.2. The molecule has 0 saturated heterocycles. The fraction of sp³-hybridized carbons (Fsp3) is 0.100. The molecule has 0 atom stereocenters. The van der Waals surface area contributed by atoms with Crippen LogP contribution in [0.3, 0.4) is 0 Å². The van der Waals surface area contributed by atoms with Gasteiger partial charge in [0.2, 0.25) is 0 Å². The molecule has 0 spiro atoms. The third-order valence-corrected chi connectivity index (χ3v) is 1.57. The fourth-order valence-corrected chi connectivity index (χ4v) is 0.822. The minimum Gasteiger partial charge on any atom is -0.298 e. The first kappa shape index (κ1) is 9.32. The molecule has 0 fully saturated rings. The number of carbonyl (C=O) groups is 1. The van der Waals surface area contributed by atoms with Gasteiger partial charge in [-0.25, -0.2) is 0 Å². The Morgan fingerprint density at radius 2 is 2.00 bits per heavy atom. The number of carbonyl (C=O) groups excluding carboxylic acids is 1. The molecular weight excluding hydrogens is 164 g/mol. The highest BCUT2D eigenvalue weighted by Gasteiger charge is 1.92. The van der Waals surface area contributed by atoms with E-state index in [0.29, 0.717) is 0 Å². The van der Waals surface area contributed by atoms with Crippen molar-refractivity contribution in [2.45, 2.75) is 6.92 Å². The van der Waals surface area contributed by atoms with Crippen LogP contribution in [0.5, 0.6) is 0 Å². The molecule has 1 aromatic carbocycles. The first-order valence-corrected chi connectivity index (χ1v) is 3.97. The molecule has 1 aromatic rings. The number of nitrogens with one attached hydrogen (secondary N) is 2. The highest BCUT2D eigenvalue weighted by molar-refractivity contribution is 5.87. The Kier molecular flexibility index (Phi) is 3.09. The Bertz CT molecular complexity index is 303. The number of hydrogen-bond donors (Lipinski definition) is 2. The van der Waals surface area contributed by atoms with Crippen molar-refractivity contribution in [3.05, 3.63) is 42.5 Å². The second kappa shape index (κ2) is 4.30. The van der Waals surface area contributed by atoms with Gasteiger partial charge in [0.1, 0.15) is 0 Å². The van der Waals surface area contributed by atoms with E-state index in [0.717, 1.165) is 5.69 Å². The molecule has 0 unspecified atom stereocenters. The van der Waals surface area contributed by atoms with Crippen molar-refractivity contribution in [2.24, 2.45) is 0 Å². The number of hydrogen-bond acceptors (Lipinski definition) is 2. The SMILES string of the molecule is C=CC(=O)NNc1ccc(C)cc1. The Balaban J connectivity index is 2.50. The van der Waals surface area contributed by atoms with Crippen LogP contribution in [0, 0.1) is 6.92 Å². The minimum absolute atomic E-state index is 0.249.